The van der Waals surface area contributed by atoms with Gasteiger partial charge in [-0.2, -0.15) is 0 Å². The zero-order valence-corrected chi connectivity index (χ0v) is 16.5. The first-order valence-electron chi connectivity index (χ1n) is 10.8. The highest BCUT2D eigenvalue weighted by molar-refractivity contribution is 6.05. The molecule has 4 rings (SSSR count). The van der Waals surface area contributed by atoms with Crippen LogP contribution in [-0.2, 0) is 4.79 Å². The fourth-order valence-electron chi connectivity index (χ4n) is 5.63. The number of likely N-dealkylation sites (tertiary alicyclic amines) is 1. The number of amides is 1. The number of hydrogen-bond acceptors (Lipinski definition) is 2. The largest absolute Gasteiger partial charge is 0.308 e. The molecule has 3 heteroatoms. The van der Waals surface area contributed by atoms with E-state index in [1.54, 1.807) is 0 Å². The van der Waals surface area contributed by atoms with Crippen LogP contribution in [0.1, 0.15) is 76.7 Å². The third-order valence-electron chi connectivity index (χ3n) is 7.16. The van der Waals surface area contributed by atoms with Crippen LogP contribution in [0.3, 0.4) is 0 Å². The fourth-order valence-corrected chi connectivity index (χ4v) is 5.63. The molecule has 1 saturated heterocycles. The average molecular weight is 355 g/mol. The van der Waals surface area contributed by atoms with E-state index in [2.05, 4.69) is 47.9 Å². The standard InChI is InChI=1S/C23H34N2O/c1-3-6-18-9-11-19(12-10-18)24-15-13-20(14-16-24)25-22-8-5-4-7-21(22)17(2)23(25)26/h4-5,7-8,17-20H,3,6,9-16H2,1-2H3. The minimum atomic E-state index is 0.0260. The summed E-state index contributed by atoms with van der Waals surface area (Å²) in [7, 11) is 0. The summed E-state index contributed by atoms with van der Waals surface area (Å²) in [6.45, 7) is 6.70. The summed E-state index contributed by atoms with van der Waals surface area (Å²) in [6.07, 6.45) is 10.6. The molecule has 1 unspecified atom stereocenters. The predicted molar refractivity (Wildman–Crippen MR) is 108 cm³/mol. The summed E-state index contributed by atoms with van der Waals surface area (Å²) < 4.78 is 0. The second-order valence-electron chi connectivity index (χ2n) is 8.72. The zero-order valence-electron chi connectivity index (χ0n) is 16.5. The van der Waals surface area contributed by atoms with Crippen LogP contribution < -0.4 is 4.90 Å². The molecule has 142 valence electrons. The molecule has 1 saturated carbocycles. The van der Waals surface area contributed by atoms with E-state index in [0.29, 0.717) is 11.9 Å². The van der Waals surface area contributed by atoms with Gasteiger partial charge in [-0.05, 0) is 63.0 Å². The van der Waals surface area contributed by atoms with Gasteiger partial charge in [0.1, 0.15) is 0 Å². The number of carbonyl (C=O) groups is 1. The van der Waals surface area contributed by atoms with Crippen LogP contribution >= 0.6 is 0 Å². The lowest BCUT2D eigenvalue weighted by Crippen LogP contribution is -2.50. The van der Waals surface area contributed by atoms with Crippen LogP contribution in [0.4, 0.5) is 5.69 Å². The smallest absolute Gasteiger partial charge is 0.234 e. The van der Waals surface area contributed by atoms with Crippen molar-refractivity contribution >= 4 is 11.6 Å². The lowest BCUT2D eigenvalue weighted by atomic mass is 9.82. The van der Waals surface area contributed by atoms with Gasteiger partial charge in [-0.1, -0.05) is 38.0 Å². The van der Waals surface area contributed by atoms with Crippen molar-refractivity contribution in [3.63, 3.8) is 0 Å². The number of rotatable bonds is 4. The minimum Gasteiger partial charge on any atom is -0.308 e. The van der Waals surface area contributed by atoms with Gasteiger partial charge < -0.3 is 9.80 Å². The Hall–Kier alpha value is -1.35. The highest BCUT2D eigenvalue weighted by atomic mass is 16.2. The van der Waals surface area contributed by atoms with Gasteiger partial charge in [0.25, 0.3) is 0 Å². The van der Waals surface area contributed by atoms with Crippen molar-refractivity contribution in [2.45, 2.75) is 83.2 Å². The van der Waals surface area contributed by atoms with Crippen molar-refractivity contribution in [1.82, 2.24) is 4.90 Å². The number of benzene rings is 1. The molecular formula is C23H34N2O. The van der Waals surface area contributed by atoms with E-state index in [9.17, 15) is 4.79 Å². The van der Waals surface area contributed by atoms with Crippen molar-refractivity contribution < 1.29 is 4.79 Å². The summed E-state index contributed by atoms with van der Waals surface area (Å²) >= 11 is 0. The predicted octanol–water partition coefficient (Wildman–Crippen LogP) is 4.96. The lowest BCUT2D eigenvalue weighted by Gasteiger charge is -2.43. The first-order valence-corrected chi connectivity index (χ1v) is 10.8. The number of carbonyl (C=O) groups excluding carboxylic acids is 1. The maximum absolute atomic E-state index is 12.9. The number of anilines is 1. The molecule has 0 bridgehead atoms. The second kappa shape index (κ2) is 7.72. The highest BCUT2D eigenvalue weighted by Crippen LogP contribution is 2.40. The summed E-state index contributed by atoms with van der Waals surface area (Å²) in [5.41, 5.74) is 2.39. The topological polar surface area (TPSA) is 23.6 Å². The molecule has 26 heavy (non-hydrogen) atoms. The number of fused-ring (bicyclic) bond motifs is 1. The summed E-state index contributed by atoms with van der Waals surface area (Å²) in [5, 5.41) is 0. The van der Waals surface area contributed by atoms with E-state index in [-0.39, 0.29) is 5.92 Å². The molecule has 1 aliphatic carbocycles. The average Bonchev–Trinajstić information content (AvgIpc) is 2.94. The lowest BCUT2D eigenvalue weighted by molar-refractivity contribution is -0.119. The Morgan fingerprint density at radius 2 is 1.65 bits per heavy atom. The number of piperidine rings is 1. The Balaban J connectivity index is 1.35. The van der Waals surface area contributed by atoms with E-state index in [1.807, 2.05) is 0 Å². The van der Waals surface area contributed by atoms with Gasteiger partial charge in [-0.25, -0.2) is 0 Å². The number of nitrogens with zero attached hydrogens (tertiary/aromatic N) is 2. The molecule has 2 fully saturated rings. The van der Waals surface area contributed by atoms with Crippen molar-refractivity contribution in [2.75, 3.05) is 18.0 Å². The highest BCUT2D eigenvalue weighted by Gasteiger charge is 2.39. The van der Waals surface area contributed by atoms with Gasteiger partial charge in [-0.3, -0.25) is 4.79 Å². The van der Waals surface area contributed by atoms with Gasteiger partial charge in [0.15, 0.2) is 0 Å². The van der Waals surface area contributed by atoms with Crippen molar-refractivity contribution in [3.05, 3.63) is 29.8 Å². The van der Waals surface area contributed by atoms with Gasteiger partial charge in [0.05, 0.1) is 5.92 Å². The molecule has 1 aromatic rings. The van der Waals surface area contributed by atoms with Crippen molar-refractivity contribution in [3.8, 4) is 0 Å². The number of hydrogen-bond donors (Lipinski definition) is 0. The Kier molecular flexibility index (Phi) is 5.35. The Labute approximate surface area is 158 Å². The molecule has 3 aliphatic rings. The van der Waals surface area contributed by atoms with Gasteiger partial charge in [-0.15, -0.1) is 0 Å². The van der Waals surface area contributed by atoms with E-state index in [1.165, 1.54) is 49.8 Å². The first-order chi connectivity index (χ1) is 12.7. The van der Waals surface area contributed by atoms with Crippen LogP contribution in [0.25, 0.3) is 0 Å². The molecule has 2 heterocycles. The zero-order chi connectivity index (χ0) is 18.1. The maximum atomic E-state index is 12.9. The van der Waals surface area contributed by atoms with Crippen molar-refractivity contribution in [1.29, 1.82) is 0 Å². The van der Waals surface area contributed by atoms with Gasteiger partial charge >= 0.3 is 0 Å². The quantitative estimate of drug-likeness (QED) is 0.763. The number of para-hydroxylation sites is 1. The Bertz CT molecular complexity index is 627. The molecule has 3 nitrogen and oxygen atoms in total. The molecule has 2 aliphatic heterocycles. The van der Waals surface area contributed by atoms with Crippen LogP contribution in [-0.4, -0.2) is 36.0 Å². The second-order valence-corrected chi connectivity index (χ2v) is 8.72. The minimum absolute atomic E-state index is 0.0260. The summed E-state index contributed by atoms with van der Waals surface area (Å²) in [5.74, 6) is 1.32. The maximum Gasteiger partial charge on any atom is 0.234 e. The van der Waals surface area contributed by atoms with Crippen LogP contribution in [0.5, 0.6) is 0 Å². The Morgan fingerprint density at radius 1 is 0.962 bits per heavy atom. The molecule has 1 amide bonds. The van der Waals surface area contributed by atoms with E-state index in [0.717, 1.165) is 37.9 Å². The molecule has 0 spiro atoms. The Morgan fingerprint density at radius 3 is 2.35 bits per heavy atom. The normalized spacial score (nSPS) is 30.6. The van der Waals surface area contributed by atoms with Crippen LogP contribution in [0.15, 0.2) is 24.3 Å². The summed E-state index contributed by atoms with van der Waals surface area (Å²) in [6, 6.07) is 9.58. The van der Waals surface area contributed by atoms with Gasteiger partial charge in [0, 0.05) is 30.9 Å². The van der Waals surface area contributed by atoms with Crippen molar-refractivity contribution in [2.24, 2.45) is 5.92 Å². The third kappa shape index (κ3) is 3.31. The third-order valence-corrected chi connectivity index (χ3v) is 7.16. The van der Waals surface area contributed by atoms with Crippen LogP contribution in [0.2, 0.25) is 0 Å². The summed E-state index contributed by atoms with van der Waals surface area (Å²) in [4.78, 5) is 17.7. The van der Waals surface area contributed by atoms with E-state index < -0.39 is 0 Å². The SMILES string of the molecule is CCCC1CCC(N2CCC(N3C(=O)C(C)c4ccccc43)CC2)CC1. The molecule has 1 aromatic carbocycles. The van der Waals surface area contributed by atoms with Gasteiger partial charge in [0.2, 0.25) is 5.91 Å². The molecule has 0 radical (unpaired) electrons. The monoisotopic (exact) mass is 354 g/mol. The molecule has 1 atom stereocenters. The molecule has 0 aromatic heterocycles. The van der Waals surface area contributed by atoms with Crippen LogP contribution in [0, 0.1) is 5.92 Å². The van der Waals surface area contributed by atoms with E-state index in [4.69, 9.17) is 0 Å². The van der Waals surface area contributed by atoms with E-state index >= 15 is 0 Å². The molecular weight excluding hydrogens is 320 g/mol. The fraction of sp³-hybridized carbons (Fsp3) is 0.696. The first kappa shape index (κ1) is 18.0. The molecule has 0 N–H and O–H groups in total.